The lowest BCUT2D eigenvalue weighted by molar-refractivity contribution is 0.102. The number of thiazole rings is 1. The van der Waals surface area contributed by atoms with E-state index in [9.17, 15) is 4.79 Å². The smallest absolute Gasteiger partial charge is 0.267 e. The monoisotopic (exact) mass is 289 g/mol. The molecule has 1 aromatic carbocycles. The molecule has 0 aliphatic carbocycles. The van der Waals surface area contributed by atoms with Gasteiger partial charge in [0.2, 0.25) is 0 Å². The molecular weight excluding hydrogens is 278 g/mol. The summed E-state index contributed by atoms with van der Waals surface area (Å²) >= 11 is 2.83. The Labute approximate surface area is 119 Å². The molecule has 0 bridgehead atoms. The van der Waals surface area contributed by atoms with E-state index in [-0.39, 0.29) is 5.91 Å². The van der Waals surface area contributed by atoms with Crippen molar-refractivity contribution in [2.45, 2.75) is 11.8 Å². The van der Waals surface area contributed by atoms with Crippen LogP contribution < -0.4 is 5.32 Å². The van der Waals surface area contributed by atoms with Crippen molar-refractivity contribution in [1.29, 1.82) is 5.26 Å². The standard InChI is InChI=1S/C13H11N3OS2/c1-8-12(19-7-15-8)13(17)16-10-5-9(6-14)3-4-11(10)18-2/h3-5,7H,1-2H3,(H,16,17). The lowest BCUT2D eigenvalue weighted by atomic mass is 10.2. The molecule has 19 heavy (non-hydrogen) atoms. The fourth-order valence-electron chi connectivity index (χ4n) is 1.57. The van der Waals surface area contributed by atoms with E-state index in [4.69, 9.17) is 5.26 Å². The van der Waals surface area contributed by atoms with E-state index in [0.29, 0.717) is 21.8 Å². The maximum atomic E-state index is 12.1. The summed E-state index contributed by atoms with van der Waals surface area (Å²) in [5.41, 5.74) is 3.54. The topological polar surface area (TPSA) is 65.8 Å². The number of benzene rings is 1. The van der Waals surface area contributed by atoms with Crippen LogP contribution in [0.5, 0.6) is 0 Å². The minimum Gasteiger partial charge on any atom is -0.320 e. The molecule has 0 spiro atoms. The normalized spacial score (nSPS) is 9.95. The van der Waals surface area contributed by atoms with Gasteiger partial charge in [-0.05, 0) is 31.4 Å². The lowest BCUT2D eigenvalue weighted by Crippen LogP contribution is -2.12. The van der Waals surface area contributed by atoms with E-state index in [1.165, 1.54) is 23.1 Å². The first-order valence-corrected chi connectivity index (χ1v) is 7.55. The molecule has 0 radical (unpaired) electrons. The summed E-state index contributed by atoms with van der Waals surface area (Å²) < 4.78 is 0. The van der Waals surface area contributed by atoms with Crippen LogP contribution in [0.15, 0.2) is 28.6 Å². The van der Waals surface area contributed by atoms with Crippen molar-refractivity contribution in [3.8, 4) is 6.07 Å². The second kappa shape index (κ2) is 5.87. The minimum atomic E-state index is -0.189. The highest BCUT2D eigenvalue weighted by atomic mass is 32.2. The zero-order chi connectivity index (χ0) is 13.8. The third-order valence-corrected chi connectivity index (χ3v) is 4.25. The van der Waals surface area contributed by atoms with E-state index in [1.807, 2.05) is 12.3 Å². The first-order valence-electron chi connectivity index (χ1n) is 5.45. The molecule has 0 saturated heterocycles. The molecule has 0 unspecified atom stereocenters. The van der Waals surface area contributed by atoms with Crippen molar-refractivity contribution in [2.24, 2.45) is 0 Å². The molecule has 1 heterocycles. The van der Waals surface area contributed by atoms with Gasteiger partial charge < -0.3 is 5.32 Å². The van der Waals surface area contributed by atoms with Gasteiger partial charge in [-0.2, -0.15) is 5.26 Å². The van der Waals surface area contributed by atoms with Gasteiger partial charge in [0.25, 0.3) is 5.91 Å². The van der Waals surface area contributed by atoms with E-state index in [0.717, 1.165) is 4.90 Å². The molecular formula is C13H11N3OS2. The summed E-state index contributed by atoms with van der Waals surface area (Å²) in [5, 5.41) is 11.7. The van der Waals surface area contributed by atoms with E-state index < -0.39 is 0 Å². The highest BCUT2D eigenvalue weighted by Gasteiger charge is 2.14. The van der Waals surface area contributed by atoms with Gasteiger partial charge in [0, 0.05) is 4.90 Å². The van der Waals surface area contributed by atoms with Gasteiger partial charge in [0.15, 0.2) is 0 Å². The van der Waals surface area contributed by atoms with Crippen LogP contribution in [0, 0.1) is 18.3 Å². The van der Waals surface area contributed by atoms with Crippen LogP contribution in [-0.2, 0) is 0 Å². The average Bonchev–Trinajstić information content (AvgIpc) is 2.85. The Kier molecular flexibility index (Phi) is 4.20. The number of carbonyl (C=O) groups excluding carboxylic acids is 1. The summed E-state index contributed by atoms with van der Waals surface area (Å²) in [4.78, 5) is 17.7. The van der Waals surface area contributed by atoms with Crippen LogP contribution in [0.2, 0.25) is 0 Å². The number of nitrogens with zero attached hydrogens (tertiary/aromatic N) is 2. The maximum absolute atomic E-state index is 12.1. The zero-order valence-electron chi connectivity index (χ0n) is 10.4. The Bertz CT molecular complexity index is 658. The third-order valence-electron chi connectivity index (χ3n) is 2.53. The lowest BCUT2D eigenvalue weighted by Gasteiger charge is -2.09. The van der Waals surface area contributed by atoms with Crippen molar-refractivity contribution in [1.82, 2.24) is 4.98 Å². The van der Waals surface area contributed by atoms with Gasteiger partial charge in [-0.1, -0.05) is 0 Å². The number of aromatic nitrogens is 1. The Morgan fingerprint density at radius 3 is 2.89 bits per heavy atom. The molecule has 0 aliphatic heterocycles. The molecule has 1 aromatic heterocycles. The van der Waals surface area contributed by atoms with Gasteiger partial charge in [-0.25, -0.2) is 4.98 Å². The summed E-state index contributed by atoms with van der Waals surface area (Å²) in [5.74, 6) is -0.189. The molecule has 0 saturated carbocycles. The number of carbonyl (C=O) groups is 1. The Morgan fingerprint density at radius 2 is 2.32 bits per heavy atom. The van der Waals surface area contributed by atoms with Crippen molar-refractivity contribution in [3.05, 3.63) is 39.8 Å². The van der Waals surface area contributed by atoms with Crippen LogP contribution >= 0.6 is 23.1 Å². The quantitative estimate of drug-likeness (QED) is 0.880. The SMILES string of the molecule is CSc1ccc(C#N)cc1NC(=O)c1scnc1C. The average molecular weight is 289 g/mol. The highest BCUT2D eigenvalue weighted by Crippen LogP contribution is 2.27. The molecule has 4 nitrogen and oxygen atoms in total. The van der Waals surface area contributed by atoms with Crippen molar-refractivity contribution in [2.75, 3.05) is 11.6 Å². The van der Waals surface area contributed by atoms with Crippen LogP contribution in [0.3, 0.4) is 0 Å². The Morgan fingerprint density at radius 1 is 1.53 bits per heavy atom. The van der Waals surface area contributed by atoms with E-state index in [1.54, 1.807) is 24.6 Å². The molecule has 2 aromatic rings. The van der Waals surface area contributed by atoms with Crippen molar-refractivity contribution < 1.29 is 4.79 Å². The molecule has 2 rings (SSSR count). The molecule has 0 fully saturated rings. The van der Waals surface area contributed by atoms with Gasteiger partial charge in [0.1, 0.15) is 4.88 Å². The van der Waals surface area contributed by atoms with Crippen molar-refractivity contribution >= 4 is 34.7 Å². The summed E-state index contributed by atoms with van der Waals surface area (Å²) in [7, 11) is 0. The van der Waals surface area contributed by atoms with Gasteiger partial charge in [-0.3, -0.25) is 4.79 Å². The minimum absolute atomic E-state index is 0.189. The number of nitrogens with one attached hydrogen (secondary N) is 1. The molecule has 0 aliphatic rings. The Hall–Kier alpha value is -1.84. The zero-order valence-corrected chi connectivity index (χ0v) is 12.1. The number of hydrogen-bond acceptors (Lipinski definition) is 5. The number of aryl methyl sites for hydroxylation is 1. The van der Waals surface area contributed by atoms with Crippen LogP contribution in [0.1, 0.15) is 20.9 Å². The fraction of sp³-hybridized carbons (Fsp3) is 0.154. The Balaban J connectivity index is 2.30. The van der Waals surface area contributed by atoms with Crippen LogP contribution in [0.4, 0.5) is 5.69 Å². The number of amides is 1. The number of hydrogen-bond donors (Lipinski definition) is 1. The molecule has 96 valence electrons. The first kappa shape index (κ1) is 13.6. The third kappa shape index (κ3) is 2.95. The van der Waals surface area contributed by atoms with Gasteiger partial charge in [0.05, 0.1) is 28.5 Å². The number of rotatable bonds is 3. The molecule has 1 amide bonds. The number of anilines is 1. The summed E-state index contributed by atoms with van der Waals surface area (Å²) in [6.45, 7) is 1.80. The highest BCUT2D eigenvalue weighted by molar-refractivity contribution is 7.98. The number of nitriles is 1. The maximum Gasteiger partial charge on any atom is 0.267 e. The predicted molar refractivity (Wildman–Crippen MR) is 77.7 cm³/mol. The predicted octanol–water partition coefficient (Wildman–Crippen LogP) is 3.30. The second-order valence-corrected chi connectivity index (χ2v) is 5.45. The first-order chi connectivity index (χ1) is 9.15. The van der Waals surface area contributed by atoms with Gasteiger partial charge >= 0.3 is 0 Å². The van der Waals surface area contributed by atoms with E-state index in [2.05, 4.69) is 16.4 Å². The molecule has 1 N–H and O–H groups in total. The summed E-state index contributed by atoms with van der Waals surface area (Å²) in [6.07, 6.45) is 1.93. The summed E-state index contributed by atoms with van der Waals surface area (Å²) in [6, 6.07) is 7.32. The van der Waals surface area contributed by atoms with Gasteiger partial charge in [-0.15, -0.1) is 23.1 Å². The fourth-order valence-corrected chi connectivity index (χ4v) is 2.81. The van der Waals surface area contributed by atoms with Crippen molar-refractivity contribution in [3.63, 3.8) is 0 Å². The van der Waals surface area contributed by atoms with Crippen LogP contribution in [0.25, 0.3) is 0 Å². The number of thioether (sulfide) groups is 1. The van der Waals surface area contributed by atoms with Crippen LogP contribution in [-0.4, -0.2) is 17.1 Å². The molecule has 0 atom stereocenters. The van der Waals surface area contributed by atoms with E-state index >= 15 is 0 Å². The largest absolute Gasteiger partial charge is 0.320 e. The second-order valence-electron chi connectivity index (χ2n) is 3.75. The molecule has 6 heteroatoms.